The number of rotatable bonds is 4. The number of amides is 1. The third kappa shape index (κ3) is 4.01. The number of nitrogens with one attached hydrogen (secondary N) is 1. The van der Waals surface area contributed by atoms with Crippen molar-refractivity contribution in [3.8, 4) is 0 Å². The molecule has 5 rings (SSSR count). The summed E-state index contributed by atoms with van der Waals surface area (Å²) in [7, 11) is 0. The van der Waals surface area contributed by atoms with Gasteiger partial charge in [0, 0.05) is 37.9 Å². The van der Waals surface area contributed by atoms with Gasteiger partial charge < -0.3 is 19.9 Å². The van der Waals surface area contributed by atoms with Crippen LogP contribution in [0.2, 0.25) is 0 Å². The van der Waals surface area contributed by atoms with E-state index in [2.05, 4.69) is 46.4 Å². The number of fused-ring (bicyclic) bond motifs is 2. The Bertz CT molecular complexity index is 947. The molecular formula is C25H34N4O2. The molecule has 1 N–H and O–H groups in total. The molecule has 1 saturated carbocycles. The summed E-state index contributed by atoms with van der Waals surface area (Å²) in [5.74, 6) is 1.75. The number of morpholine rings is 1. The number of anilines is 4. The molecule has 31 heavy (non-hydrogen) atoms. The number of aromatic nitrogens is 1. The van der Waals surface area contributed by atoms with Gasteiger partial charge in [0.25, 0.3) is 0 Å². The van der Waals surface area contributed by atoms with Crippen molar-refractivity contribution in [2.24, 2.45) is 11.8 Å². The third-order valence-corrected chi connectivity index (χ3v) is 7.02. The Morgan fingerprint density at radius 3 is 2.97 bits per heavy atom. The first kappa shape index (κ1) is 20.3. The van der Waals surface area contributed by atoms with Crippen LogP contribution in [0.4, 0.5) is 22.9 Å². The van der Waals surface area contributed by atoms with Gasteiger partial charge in [0.1, 0.15) is 5.82 Å². The lowest BCUT2D eigenvalue weighted by atomic mass is 9.90. The van der Waals surface area contributed by atoms with Crippen LogP contribution < -0.4 is 15.1 Å². The standard InChI is InChI=1S/C25H32N4O2.H2/c1-2-5-18-6-3-8-21(18)25(30)29-17-19-7-4-11-26-24(19)27-22-10-9-20(16-23(22)29)28-12-14-31-15-13-28;/h4,7,9-11,16,18,21H,2-3,5-6,8,12-15,17H2,1H3,(H,26,27);1H/t18-,21-;/m0./s1. The molecule has 166 valence electrons. The smallest absolute Gasteiger partial charge is 0.230 e. The first-order chi connectivity index (χ1) is 15.2. The molecule has 6 nitrogen and oxygen atoms in total. The predicted octanol–water partition coefficient (Wildman–Crippen LogP) is 4.97. The minimum atomic E-state index is 0. The molecule has 3 aliphatic rings. The molecule has 2 atom stereocenters. The molecule has 0 unspecified atom stereocenters. The molecule has 0 bridgehead atoms. The second-order valence-electron chi connectivity index (χ2n) is 8.95. The summed E-state index contributed by atoms with van der Waals surface area (Å²) in [5, 5.41) is 3.50. The average molecular weight is 423 g/mol. The SMILES string of the molecule is CCC[C@H]1CCC[C@@H]1C(=O)N1Cc2cccnc2Nc2ccc(N3CCOCC3)cc21.[HH]. The Labute approximate surface area is 186 Å². The highest BCUT2D eigenvalue weighted by atomic mass is 16.5. The number of nitrogens with zero attached hydrogens (tertiary/aromatic N) is 3. The third-order valence-electron chi connectivity index (χ3n) is 7.02. The van der Waals surface area contributed by atoms with Crippen LogP contribution in [0, 0.1) is 11.8 Å². The summed E-state index contributed by atoms with van der Waals surface area (Å²) < 4.78 is 5.53. The van der Waals surface area contributed by atoms with Crippen molar-refractivity contribution in [3.63, 3.8) is 0 Å². The van der Waals surface area contributed by atoms with Crippen LogP contribution in [-0.4, -0.2) is 37.2 Å². The number of carbonyl (C=O) groups is 1. The number of ether oxygens (including phenoxy) is 1. The Morgan fingerprint density at radius 1 is 1.26 bits per heavy atom. The fourth-order valence-corrected chi connectivity index (χ4v) is 5.40. The van der Waals surface area contributed by atoms with Crippen molar-refractivity contribution in [2.75, 3.05) is 41.4 Å². The molecule has 2 fully saturated rings. The molecule has 2 aliphatic heterocycles. The van der Waals surface area contributed by atoms with Crippen LogP contribution in [-0.2, 0) is 16.1 Å². The van der Waals surface area contributed by atoms with E-state index in [9.17, 15) is 4.79 Å². The van der Waals surface area contributed by atoms with Crippen LogP contribution in [0.25, 0.3) is 0 Å². The van der Waals surface area contributed by atoms with E-state index >= 15 is 0 Å². The fraction of sp³-hybridized carbons (Fsp3) is 0.520. The Kier molecular flexibility index (Phi) is 5.81. The first-order valence-electron chi connectivity index (χ1n) is 11.7. The summed E-state index contributed by atoms with van der Waals surface area (Å²) in [6, 6.07) is 10.4. The van der Waals surface area contributed by atoms with Gasteiger partial charge in [0.15, 0.2) is 0 Å². The van der Waals surface area contributed by atoms with Crippen molar-refractivity contribution in [1.82, 2.24) is 4.98 Å². The van der Waals surface area contributed by atoms with Crippen molar-refractivity contribution in [2.45, 2.75) is 45.6 Å². The predicted molar refractivity (Wildman–Crippen MR) is 126 cm³/mol. The molecule has 3 heterocycles. The molecule has 1 aromatic heterocycles. The Hall–Kier alpha value is -2.60. The van der Waals surface area contributed by atoms with Crippen LogP contribution in [0.3, 0.4) is 0 Å². The molecule has 1 aromatic carbocycles. The maximum Gasteiger partial charge on any atom is 0.230 e. The zero-order chi connectivity index (χ0) is 21.2. The van der Waals surface area contributed by atoms with Crippen LogP contribution >= 0.6 is 0 Å². The number of hydrogen-bond acceptors (Lipinski definition) is 5. The first-order valence-corrected chi connectivity index (χ1v) is 11.7. The topological polar surface area (TPSA) is 57.7 Å². The van der Waals surface area contributed by atoms with Crippen molar-refractivity contribution >= 4 is 28.8 Å². The quantitative estimate of drug-likeness (QED) is 0.754. The van der Waals surface area contributed by atoms with E-state index < -0.39 is 0 Å². The number of carbonyl (C=O) groups excluding carboxylic acids is 1. The lowest BCUT2D eigenvalue weighted by molar-refractivity contribution is -0.123. The lowest BCUT2D eigenvalue weighted by Crippen LogP contribution is -2.38. The monoisotopic (exact) mass is 422 g/mol. The zero-order valence-electron chi connectivity index (χ0n) is 18.3. The molecule has 0 radical (unpaired) electrons. The van der Waals surface area contributed by atoms with E-state index in [4.69, 9.17) is 4.74 Å². The average Bonchev–Trinajstić information content (AvgIpc) is 3.20. The fourth-order valence-electron chi connectivity index (χ4n) is 5.40. The minimum absolute atomic E-state index is 0. The highest BCUT2D eigenvalue weighted by Crippen LogP contribution is 2.42. The molecule has 1 saturated heterocycles. The summed E-state index contributed by atoms with van der Waals surface area (Å²) in [5.41, 5.74) is 4.13. The summed E-state index contributed by atoms with van der Waals surface area (Å²) in [4.78, 5) is 22.9. The zero-order valence-corrected chi connectivity index (χ0v) is 18.3. The van der Waals surface area contributed by atoms with Crippen molar-refractivity contribution in [1.29, 1.82) is 0 Å². The maximum atomic E-state index is 13.9. The van der Waals surface area contributed by atoms with Crippen LogP contribution in [0.15, 0.2) is 36.5 Å². The maximum absolute atomic E-state index is 13.9. The molecule has 0 spiro atoms. The molecule has 6 heteroatoms. The highest BCUT2D eigenvalue weighted by molar-refractivity contribution is 6.00. The number of benzene rings is 1. The van der Waals surface area contributed by atoms with Gasteiger partial charge in [-0.05, 0) is 49.4 Å². The van der Waals surface area contributed by atoms with Gasteiger partial charge in [-0.15, -0.1) is 0 Å². The van der Waals surface area contributed by atoms with Crippen LogP contribution in [0.5, 0.6) is 0 Å². The van der Waals surface area contributed by atoms with Gasteiger partial charge in [0.05, 0.1) is 31.1 Å². The normalized spacial score (nSPS) is 23.0. The summed E-state index contributed by atoms with van der Waals surface area (Å²) >= 11 is 0. The van der Waals surface area contributed by atoms with Gasteiger partial charge in [-0.1, -0.05) is 25.8 Å². The van der Waals surface area contributed by atoms with E-state index in [1.165, 1.54) is 6.42 Å². The van der Waals surface area contributed by atoms with Gasteiger partial charge in [-0.25, -0.2) is 4.98 Å². The molecule has 1 aliphatic carbocycles. The Morgan fingerprint density at radius 2 is 2.13 bits per heavy atom. The molecular weight excluding hydrogens is 388 g/mol. The summed E-state index contributed by atoms with van der Waals surface area (Å²) in [6.45, 7) is 6.03. The van der Waals surface area contributed by atoms with E-state index in [1.807, 2.05) is 11.0 Å². The number of hydrogen-bond donors (Lipinski definition) is 1. The van der Waals surface area contributed by atoms with E-state index in [0.717, 1.165) is 80.4 Å². The van der Waals surface area contributed by atoms with Crippen molar-refractivity contribution in [3.05, 3.63) is 42.1 Å². The largest absolute Gasteiger partial charge is 0.378 e. The van der Waals surface area contributed by atoms with Gasteiger partial charge >= 0.3 is 0 Å². The summed E-state index contributed by atoms with van der Waals surface area (Å²) in [6.07, 6.45) is 7.42. The van der Waals surface area contributed by atoms with Gasteiger partial charge in [-0.2, -0.15) is 0 Å². The molecule has 1 amide bonds. The van der Waals surface area contributed by atoms with Gasteiger partial charge in [-0.3, -0.25) is 4.79 Å². The van der Waals surface area contributed by atoms with Crippen molar-refractivity contribution < 1.29 is 11.0 Å². The lowest BCUT2D eigenvalue weighted by Gasteiger charge is -2.32. The second-order valence-corrected chi connectivity index (χ2v) is 8.95. The van der Waals surface area contributed by atoms with Gasteiger partial charge in [0.2, 0.25) is 5.91 Å². The Balaban J connectivity index is 0.00000245. The highest BCUT2D eigenvalue weighted by Gasteiger charge is 2.37. The second kappa shape index (κ2) is 8.87. The molecule has 2 aromatic rings. The van der Waals surface area contributed by atoms with Crippen LogP contribution in [0.1, 0.15) is 46.0 Å². The van der Waals surface area contributed by atoms with E-state index in [0.29, 0.717) is 12.5 Å². The number of pyridine rings is 1. The van der Waals surface area contributed by atoms with E-state index in [1.54, 1.807) is 6.20 Å². The van der Waals surface area contributed by atoms with E-state index in [-0.39, 0.29) is 13.3 Å². The minimum Gasteiger partial charge on any atom is -0.378 e.